The molecule has 2 aromatic carbocycles. The van der Waals surface area contributed by atoms with Gasteiger partial charge >= 0.3 is 5.69 Å². The lowest BCUT2D eigenvalue weighted by Crippen LogP contribution is -2.17. The number of hydrazone groups is 1. The van der Waals surface area contributed by atoms with Crippen LogP contribution in [0.15, 0.2) is 47.7 Å². The quantitative estimate of drug-likeness (QED) is 0.329. The highest BCUT2D eigenvalue weighted by molar-refractivity contribution is 5.86. The van der Waals surface area contributed by atoms with Crippen LogP contribution in [-0.2, 0) is 11.2 Å². The van der Waals surface area contributed by atoms with E-state index in [1.54, 1.807) is 0 Å². The van der Waals surface area contributed by atoms with Crippen molar-refractivity contribution in [3.05, 3.63) is 63.8 Å². The maximum absolute atomic E-state index is 12.0. The molecule has 1 aromatic heterocycles. The molecule has 0 aliphatic carbocycles. The minimum absolute atomic E-state index is 0.0543. The van der Waals surface area contributed by atoms with Gasteiger partial charge in [0.05, 0.1) is 18.2 Å². The van der Waals surface area contributed by atoms with Crippen LogP contribution in [-0.4, -0.2) is 34.2 Å². The number of aryl methyl sites for hydroxylation is 1. The molecule has 0 atom stereocenters. The summed E-state index contributed by atoms with van der Waals surface area (Å²) in [6.07, 6.45) is 3.91. The zero-order chi connectivity index (χ0) is 20.1. The lowest BCUT2D eigenvalue weighted by atomic mass is 10.1. The Balaban J connectivity index is 1.62. The van der Waals surface area contributed by atoms with Crippen molar-refractivity contribution in [2.45, 2.75) is 12.8 Å². The molecule has 0 aliphatic rings. The molecule has 0 spiro atoms. The number of rotatable bonds is 7. The largest absolute Gasteiger partial charge is 0.500 e. The summed E-state index contributed by atoms with van der Waals surface area (Å²) in [6.45, 7) is 0. The number of phenolic OH excluding ortho intramolecular Hbond substituents is 1. The molecule has 144 valence electrons. The summed E-state index contributed by atoms with van der Waals surface area (Å²) in [7, 11) is 1.28. The van der Waals surface area contributed by atoms with Crippen LogP contribution < -0.4 is 10.2 Å². The lowest BCUT2D eigenvalue weighted by molar-refractivity contribution is -0.386. The van der Waals surface area contributed by atoms with Gasteiger partial charge in [0.2, 0.25) is 11.7 Å². The van der Waals surface area contributed by atoms with Crippen LogP contribution in [0.1, 0.15) is 17.5 Å². The highest BCUT2D eigenvalue weighted by Crippen LogP contribution is 2.36. The molecular weight excluding hydrogens is 364 g/mol. The van der Waals surface area contributed by atoms with E-state index >= 15 is 0 Å². The van der Waals surface area contributed by atoms with E-state index in [-0.39, 0.29) is 18.1 Å². The Bertz CT molecular complexity index is 1060. The van der Waals surface area contributed by atoms with Crippen molar-refractivity contribution >= 4 is 28.7 Å². The van der Waals surface area contributed by atoms with Gasteiger partial charge in [0.15, 0.2) is 5.75 Å². The number of para-hydroxylation sites is 1. The van der Waals surface area contributed by atoms with E-state index in [2.05, 4.69) is 15.5 Å². The van der Waals surface area contributed by atoms with Gasteiger partial charge in [-0.25, -0.2) is 5.43 Å². The molecule has 0 aliphatic heterocycles. The molecule has 3 rings (SSSR count). The van der Waals surface area contributed by atoms with Gasteiger partial charge in [-0.1, -0.05) is 18.2 Å². The minimum Gasteiger partial charge on any atom is -0.500 e. The number of carbonyl (C=O) groups is 1. The summed E-state index contributed by atoms with van der Waals surface area (Å²) in [5, 5.41) is 25.6. The number of aromatic amines is 1. The summed E-state index contributed by atoms with van der Waals surface area (Å²) in [4.78, 5) is 25.4. The Kier molecular flexibility index (Phi) is 5.54. The van der Waals surface area contributed by atoms with Gasteiger partial charge in [0, 0.05) is 35.2 Å². The third-order valence-corrected chi connectivity index (χ3v) is 4.19. The Morgan fingerprint density at radius 2 is 2.18 bits per heavy atom. The predicted octanol–water partition coefficient (Wildman–Crippen LogP) is 2.87. The third kappa shape index (κ3) is 4.09. The lowest BCUT2D eigenvalue weighted by Gasteiger charge is -2.05. The van der Waals surface area contributed by atoms with Crippen molar-refractivity contribution < 1.29 is 19.6 Å². The predicted molar refractivity (Wildman–Crippen MR) is 104 cm³/mol. The van der Waals surface area contributed by atoms with E-state index in [1.807, 2.05) is 30.5 Å². The van der Waals surface area contributed by atoms with Crippen molar-refractivity contribution in [3.8, 4) is 11.5 Å². The van der Waals surface area contributed by atoms with Crippen LogP contribution in [0, 0.1) is 10.1 Å². The van der Waals surface area contributed by atoms with Crippen molar-refractivity contribution in [2.75, 3.05) is 7.11 Å². The molecule has 9 heteroatoms. The number of nitro benzene ring substituents is 1. The fraction of sp³-hybridized carbons (Fsp3) is 0.158. The standard InChI is InChI=1S/C19H18N4O5/c1-28-17-9-12(8-16(19(17)25)23(26)27)10-21-22-18(24)7-6-13-11-20-15-5-3-2-4-14(13)15/h2-5,8-11,20,25H,6-7H2,1H3,(H,22,24). The van der Waals surface area contributed by atoms with Gasteiger partial charge in [-0.15, -0.1) is 0 Å². The maximum Gasteiger partial charge on any atom is 0.315 e. The minimum atomic E-state index is -0.727. The summed E-state index contributed by atoms with van der Waals surface area (Å²) in [5.74, 6) is -0.907. The second-order valence-electron chi connectivity index (χ2n) is 6.00. The first-order valence-electron chi connectivity index (χ1n) is 8.42. The smallest absolute Gasteiger partial charge is 0.315 e. The molecule has 28 heavy (non-hydrogen) atoms. The number of nitrogens with zero attached hydrogens (tertiary/aromatic N) is 2. The van der Waals surface area contributed by atoms with Crippen LogP contribution in [0.3, 0.4) is 0 Å². The SMILES string of the molecule is COc1cc(C=NNC(=O)CCc2c[nH]c3ccccc23)cc([N+](=O)[O-])c1O. The van der Waals surface area contributed by atoms with Crippen LogP contribution in [0.4, 0.5) is 5.69 Å². The Morgan fingerprint density at radius 1 is 1.39 bits per heavy atom. The number of benzene rings is 2. The summed E-state index contributed by atoms with van der Waals surface area (Å²) in [5.41, 5.74) is 4.23. The van der Waals surface area contributed by atoms with E-state index in [0.29, 0.717) is 12.0 Å². The molecule has 3 N–H and O–H groups in total. The first-order valence-corrected chi connectivity index (χ1v) is 8.42. The molecule has 0 unspecified atom stereocenters. The number of nitrogens with one attached hydrogen (secondary N) is 2. The molecule has 0 saturated carbocycles. The van der Waals surface area contributed by atoms with Crippen LogP contribution in [0.5, 0.6) is 11.5 Å². The number of aromatic nitrogens is 1. The second kappa shape index (κ2) is 8.21. The summed E-state index contributed by atoms with van der Waals surface area (Å²) >= 11 is 0. The molecule has 1 heterocycles. The Hall–Kier alpha value is -3.88. The molecule has 9 nitrogen and oxygen atoms in total. The van der Waals surface area contributed by atoms with Crippen LogP contribution >= 0.6 is 0 Å². The second-order valence-corrected chi connectivity index (χ2v) is 6.00. The summed E-state index contributed by atoms with van der Waals surface area (Å²) in [6, 6.07) is 10.3. The van der Waals surface area contributed by atoms with E-state index < -0.39 is 16.4 Å². The summed E-state index contributed by atoms with van der Waals surface area (Å²) < 4.78 is 4.91. The van der Waals surface area contributed by atoms with Crippen molar-refractivity contribution in [1.82, 2.24) is 10.4 Å². The fourth-order valence-corrected chi connectivity index (χ4v) is 2.80. The number of ether oxygens (including phenoxy) is 1. The number of hydrogen-bond acceptors (Lipinski definition) is 6. The van der Waals surface area contributed by atoms with Crippen LogP contribution in [0.2, 0.25) is 0 Å². The number of methoxy groups -OCH3 is 1. The topological polar surface area (TPSA) is 130 Å². The molecule has 0 radical (unpaired) electrons. The zero-order valence-corrected chi connectivity index (χ0v) is 15.0. The van der Waals surface area contributed by atoms with E-state index in [9.17, 15) is 20.0 Å². The normalized spacial score (nSPS) is 11.0. The van der Waals surface area contributed by atoms with Gasteiger partial charge < -0.3 is 14.8 Å². The molecule has 3 aromatic rings. The van der Waals surface area contributed by atoms with Gasteiger partial charge in [-0.05, 0) is 24.1 Å². The maximum atomic E-state index is 12.0. The van der Waals surface area contributed by atoms with Crippen molar-refractivity contribution in [2.24, 2.45) is 5.10 Å². The monoisotopic (exact) mass is 382 g/mol. The number of phenols is 1. The number of hydrogen-bond donors (Lipinski definition) is 3. The Labute approximate surface area is 159 Å². The number of H-pyrrole nitrogens is 1. The average Bonchev–Trinajstić information content (AvgIpc) is 3.10. The molecule has 0 saturated heterocycles. The molecule has 0 bridgehead atoms. The van der Waals surface area contributed by atoms with Gasteiger partial charge in [0.1, 0.15) is 0 Å². The zero-order valence-electron chi connectivity index (χ0n) is 15.0. The van der Waals surface area contributed by atoms with Crippen molar-refractivity contribution in [3.63, 3.8) is 0 Å². The first kappa shape index (κ1) is 18.9. The number of nitro groups is 1. The average molecular weight is 382 g/mol. The number of amides is 1. The molecular formula is C19H18N4O5. The van der Waals surface area contributed by atoms with E-state index in [1.165, 1.54) is 19.4 Å². The van der Waals surface area contributed by atoms with Gasteiger partial charge in [-0.2, -0.15) is 5.10 Å². The highest BCUT2D eigenvalue weighted by Gasteiger charge is 2.19. The Morgan fingerprint density at radius 3 is 2.93 bits per heavy atom. The van der Waals surface area contributed by atoms with E-state index in [0.717, 1.165) is 22.5 Å². The number of carbonyl (C=O) groups excluding carboxylic acids is 1. The first-order chi connectivity index (χ1) is 13.5. The third-order valence-electron chi connectivity index (χ3n) is 4.19. The number of fused-ring (bicyclic) bond motifs is 1. The number of aromatic hydroxyl groups is 1. The van der Waals surface area contributed by atoms with Gasteiger partial charge in [-0.3, -0.25) is 14.9 Å². The molecule has 0 fully saturated rings. The van der Waals surface area contributed by atoms with Gasteiger partial charge in [0.25, 0.3) is 0 Å². The highest BCUT2D eigenvalue weighted by atomic mass is 16.6. The van der Waals surface area contributed by atoms with Crippen molar-refractivity contribution in [1.29, 1.82) is 0 Å². The fourth-order valence-electron chi connectivity index (χ4n) is 2.80. The van der Waals surface area contributed by atoms with E-state index in [4.69, 9.17) is 4.74 Å². The molecule has 1 amide bonds. The van der Waals surface area contributed by atoms with Crippen LogP contribution in [0.25, 0.3) is 10.9 Å².